The highest BCUT2D eigenvalue weighted by atomic mass is 127. The van der Waals surface area contributed by atoms with Crippen LogP contribution in [0.15, 0.2) is 69.1 Å². The van der Waals surface area contributed by atoms with Crippen LogP contribution in [0.5, 0.6) is 11.5 Å². The number of nitrogens with one attached hydrogen (secondary N) is 1. The Bertz CT molecular complexity index is 1410. The number of urea groups is 1. The summed E-state index contributed by atoms with van der Waals surface area (Å²) in [5.74, 6) is -0.477. The highest BCUT2D eigenvalue weighted by molar-refractivity contribution is 14.1. The molecule has 36 heavy (non-hydrogen) atoms. The second-order valence-electron chi connectivity index (χ2n) is 7.84. The van der Waals surface area contributed by atoms with Crippen molar-refractivity contribution in [2.75, 3.05) is 12.0 Å². The zero-order chi connectivity index (χ0) is 26.0. The van der Waals surface area contributed by atoms with E-state index in [-0.39, 0.29) is 5.57 Å². The fraction of sp³-hybridized carbons (Fsp3) is 0.115. The lowest BCUT2D eigenvalue weighted by Gasteiger charge is -2.27. The number of barbiturate groups is 1. The van der Waals surface area contributed by atoms with Crippen molar-refractivity contribution < 1.29 is 23.9 Å². The molecule has 0 aromatic heterocycles. The van der Waals surface area contributed by atoms with Crippen molar-refractivity contribution in [3.8, 4) is 11.5 Å². The average Bonchev–Trinajstić information content (AvgIpc) is 2.83. The van der Waals surface area contributed by atoms with Crippen molar-refractivity contribution in [3.05, 3.63) is 89.4 Å². The van der Waals surface area contributed by atoms with Crippen LogP contribution in [0.4, 0.5) is 10.5 Å². The summed E-state index contributed by atoms with van der Waals surface area (Å²) in [6.45, 7) is 2.12. The molecule has 0 unspecified atom stereocenters. The maximum absolute atomic E-state index is 13.3. The topological polar surface area (TPSA) is 84.9 Å². The van der Waals surface area contributed by atoms with Crippen molar-refractivity contribution in [3.63, 3.8) is 0 Å². The molecule has 1 aliphatic heterocycles. The van der Waals surface area contributed by atoms with Gasteiger partial charge in [-0.25, -0.2) is 9.69 Å². The van der Waals surface area contributed by atoms with Crippen LogP contribution >= 0.6 is 54.5 Å². The quantitative estimate of drug-likeness (QED) is 0.181. The van der Waals surface area contributed by atoms with Gasteiger partial charge in [-0.1, -0.05) is 44.0 Å². The minimum atomic E-state index is -0.795. The van der Waals surface area contributed by atoms with Crippen molar-refractivity contribution in [1.29, 1.82) is 0 Å². The van der Waals surface area contributed by atoms with Gasteiger partial charge in [0.2, 0.25) is 0 Å². The normalized spacial score (nSPS) is 14.8. The third-order valence-electron chi connectivity index (χ3n) is 5.36. The first-order valence-electron chi connectivity index (χ1n) is 10.6. The standard InChI is InChI=1S/C26H19Br2IN2O5/c1-14-9-18(28)7-8-21(14)31-25(33)19(24(32)30-26(31)34)10-16-11-20(29)23(22(12-16)35-2)36-13-15-3-5-17(27)6-4-15/h3-12H,13H2,1-2H3,(H,30,32,34)/b19-10-. The maximum Gasteiger partial charge on any atom is 0.335 e. The monoisotopic (exact) mass is 724 g/mol. The molecule has 1 N–H and O–H groups in total. The number of anilines is 1. The van der Waals surface area contributed by atoms with E-state index in [2.05, 4.69) is 59.8 Å². The number of imide groups is 2. The fourth-order valence-electron chi connectivity index (χ4n) is 3.61. The molecule has 7 nitrogen and oxygen atoms in total. The van der Waals surface area contributed by atoms with E-state index >= 15 is 0 Å². The number of methoxy groups -OCH3 is 1. The molecule has 0 spiro atoms. The Morgan fingerprint density at radius 3 is 2.36 bits per heavy atom. The van der Waals surface area contributed by atoms with Gasteiger partial charge in [0, 0.05) is 8.95 Å². The molecular weight excluding hydrogens is 707 g/mol. The number of rotatable bonds is 6. The number of carbonyl (C=O) groups is 3. The zero-order valence-electron chi connectivity index (χ0n) is 19.1. The van der Waals surface area contributed by atoms with Crippen LogP contribution in [0, 0.1) is 10.5 Å². The smallest absolute Gasteiger partial charge is 0.335 e. The second kappa shape index (κ2) is 11.1. The van der Waals surface area contributed by atoms with Crippen molar-refractivity contribution in [2.45, 2.75) is 13.5 Å². The first-order chi connectivity index (χ1) is 17.2. The Morgan fingerprint density at radius 2 is 1.69 bits per heavy atom. The Kier molecular flexibility index (Phi) is 8.16. The van der Waals surface area contributed by atoms with E-state index in [4.69, 9.17) is 9.47 Å². The summed E-state index contributed by atoms with van der Waals surface area (Å²) in [5, 5.41) is 2.25. The lowest BCUT2D eigenvalue weighted by molar-refractivity contribution is -0.122. The van der Waals surface area contributed by atoms with E-state index in [1.807, 2.05) is 24.3 Å². The largest absolute Gasteiger partial charge is 0.493 e. The zero-order valence-corrected chi connectivity index (χ0v) is 24.4. The van der Waals surface area contributed by atoms with Gasteiger partial charge in [0.1, 0.15) is 12.2 Å². The second-order valence-corrected chi connectivity index (χ2v) is 10.8. The summed E-state index contributed by atoms with van der Waals surface area (Å²) in [7, 11) is 1.52. The van der Waals surface area contributed by atoms with Gasteiger partial charge in [0.05, 0.1) is 16.4 Å². The van der Waals surface area contributed by atoms with Gasteiger partial charge in [0.25, 0.3) is 11.8 Å². The van der Waals surface area contributed by atoms with Crippen LogP contribution < -0.4 is 19.7 Å². The van der Waals surface area contributed by atoms with E-state index in [1.54, 1.807) is 37.3 Å². The summed E-state index contributed by atoms with van der Waals surface area (Å²) in [5.41, 5.74) is 2.46. The van der Waals surface area contributed by atoms with Gasteiger partial charge < -0.3 is 9.47 Å². The lowest BCUT2D eigenvalue weighted by atomic mass is 10.1. The third-order valence-corrected chi connectivity index (χ3v) is 7.18. The lowest BCUT2D eigenvalue weighted by Crippen LogP contribution is -2.54. The number of ether oxygens (including phenoxy) is 2. The Balaban J connectivity index is 1.65. The first-order valence-corrected chi connectivity index (χ1v) is 13.3. The number of carbonyl (C=O) groups excluding carboxylic acids is 3. The van der Waals surface area contributed by atoms with Crippen LogP contribution in [0.1, 0.15) is 16.7 Å². The fourth-order valence-corrected chi connectivity index (χ4v) is 5.13. The molecule has 4 rings (SSSR count). The van der Waals surface area contributed by atoms with Gasteiger partial charge in [-0.2, -0.15) is 0 Å². The number of nitrogens with zero attached hydrogens (tertiary/aromatic N) is 1. The van der Waals surface area contributed by atoms with Crippen LogP contribution in [0.3, 0.4) is 0 Å². The molecule has 0 aliphatic carbocycles. The number of benzene rings is 3. The molecule has 1 fully saturated rings. The molecule has 3 aromatic rings. The number of amides is 4. The molecule has 0 radical (unpaired) electrons. The number of aryl methyl sites for hydroxylation is 1. The minimum absolute atomic E-state index is 0.168. The van der Waals surface area contributed by atoms with E-state index < -0.39 is 17.8 Å². The summed E-state index contributed by atoms with van der Waals surface area (Å²) in [6.07, 6.45) is 1.44. The van der Waals surface area contributed by atoms with Gasteiger partial charge >= 0.3 is 6.03 Å². The molecule has 1 heterocycles. The van der Waals surface area contributed by atoms with E-state index in [1.165, 1.54) is 13.2 Å². The van der Waals surface area contributed by atoms with Crippen molar-refractivity contribution >= 4 is 84.1 Å². The Labute approximate surface area is 238 Å². The highest BCUT2D eigenvalue weighted by Gasteiger charge is 2.37. The molecular formula is C26H19Br2IN2O5. The minimum Gasteiger partial charge on any atom is -0.493 e. The van der Waals surface area contributed by atoms with Gasteiger partial charge in [-0.15, -0.1) is 0 Å². The molecule has 3 aromatic carbocycles. The van der Waals surface area contributed by atoms with Crippen LogP contribution in [0.25, 0.3) is 6.08 Å². The number of hydrogen-bond donors (Lipinski definition) is 1. The molecule has 1 aliphatic rings. The summed E-state index contributed by atoms with van der Waals surface area (Å²) in [6, 6.07) is 15.6. The van der Waals surface area contributed by atoms with Gasteiger partial charge in [0.15, 0.2) is 11.5 Å². The van der Waals surface area contributed by atoms with Crippen molar-refractivity contribution in [2.24, 2.45) is 0 Å². The molecule has 0 bridgehead atoms. The molecule has 0 atom stereocenters. The van der Waals surface area contributed by atoms with Gasteiger partial charge in [-0.3, -0.25) is 14.9 Å². The molecule has 184 valence electrons. The Morgan fingerprint density at radius 1 is 1.00 bits per heavy atom. The van der Waals surface area contributed by atoms with Crippen LogP contribution in [0.2, 0.25) is 0 Å². The first kappa shape index (κ1) is 26.4. The van der Waals surface area contributed by atoms with Gasteiger partial charge in [-0.05, 0) is 94.7 Å². The van der Waals surface area contributed by atoms with E-state index in [0.29, 0.717) is 34.9 Å². The van der Waals surface area contributed by atoms with E-state index in [9.17, 15) is 14.4 Å². The molecule has 0 saturated carbocycles. The number of hydrogen-bond acceptors (Lipinski definition) is 5. The summed E-state index contributed by atoms with van der Waals surface area (Å²) < 4.78 is 14.1. The van der Waals surface area contributed by atoms with E-state index in [0.717, 1.165) is 23.0 Å². The van der Waals surface area contributed by atoms with Crippen LogP contribution in [-0.2, 0) is 16.2 Å². The summed E-state index contributed by atoms with van der Waals surface area (Å²) >= 11 is 8.91. The van der Waals surface area contributed by atoms with Crippen LogP contribution in [-0.4, -0.2) is 25.0 Å². The summed E-state index contributed by atoms with van der Waals surface area (Å²) in [4.78, 5) is 39.4. The maximum atomic E-state index is 13.3. The SMILES string of the molecule is COc1cc(/C=C2/C(=O)NC(=O)N(c3ccc(Br)cc3C)C2=O)cc(I)c1OCc1ccc(Br)cc1. The third kappa shape index (κ3) is 5.65. The molecule has 4 amide bonds. The predicted molar refractivity (Wildman–Crippen MR) is 152 cm³/mol. The Hall–Kier alpha value is -2.70. The molecule has 1 saturated heterocycles. The molecule has 10 heteroatoms. The number of halogens is 3. The predicted octanol–water partition coefficient (Wildman–Crippen LogP) is 6.38. The average molecular weight is 726 g/mol. The van der Waals surface area contributed by atoms with Crippen molar-refractivity contribution in [1.82, 2.24) is 5.32 Å². The highest BCUT2D eigenvalue weighted by Crippen LogP contribution is 2.36.